The molecule has 0 spiro atoms. The Labute approximate surface area is 216 Å². The topological polar surface area (TPSA) is 84.9 Å². The molecule has 1 aliphatic rings. The summed E-state index contributed by atoms with van der Waals surface area (Å²) in [5.41, 5.74) is 2.80. The van der Waals surface area contributed by atoms with Crippen LogP contribution >= 0.6 is 22.6 Å². The first kappa shape index (κ1) is 24.5. The number of urea groups is 1. The van der Waals surface area contributed by atoms with E-state index in [0.717, 1.165) is 19.6 Å². The van der Waals surface area contributed by atoms with E-state index in [4.69, 9.17) is 9.47 Å². The Morgan fingerprint density at radius 3 is 2.37 bits per heavy atom. The molecule has 7 nitrogen and oxygen atoms in total. The average molecular weight is 582 g/mol. The van der Waals surface area contributed by atoms with Gasteiger partial charge in [0.05, 0.1) is 15.9 Å². The van der Waals surface area contributed by atoms with E-state index >= 15 is 0 Å². The molecule has 0 unspecified atom stereocenters. The number of anilines is 1. The van der Waals surface area contributed by atoms with Crippen LogP contribution in [0.3, 0.4) is 0 Å². The van der Waals surface area contributed by atoms with Gasteiger partial charge in [0.15, 0.2) is 11.5 Å². The average Bonchev–Trinajstić information content (AvgIpc) is 2.83. The molecule has 1 fully saturated rings. The van der Waals surface area contributed by atoms with Gasteiger partial charge in [-0.3, -0.25) is 14.9 Å². The fourth-order valence-corrected chi connectivity index (χ4v) is 4.34. The van der Waals surface area contributed by atoms with Crippen molar-refractivity contribution >= 4 is 52.2 Å². The highest BCUT2D eigenvalue weighted by molar-refractivity contribution is 14.1. The number of halogens is 1. The molecule has 3 aromatic carbocycles. The van der Waals surface area contributed by atoms with Gasteiger partial charge in [0.25, 0.3) is 11.8 Å². The van der Waals surface area contributed by atoms with Crippen LogP contribution in [0.1, 0.15) is 23.6 Å². The summed E-state index contributed by atoms with van der Waals surface area (Å²) in [4.78, 5) is 39.1. The number of amides is 4. The Kier molecular flexibility index (Phi) is 7.50. The third-order valence-electron chi connectivity index (χ3n) is 5.26. The zero-order valence-electron chi connectivity index (χ0n) is 19.2. The molecule has 4 amide bonds. The summed E-state index contributed by atoms with van der Waals surface area (Å²) in [6.07, 6.45) is 1.46. The molecule has 0 radical (unpaired) electrons. The number of carbonyl (C=O) groups excluding carboxylic acids is 3. The Bertz CT molecular complexity index is 1300. The summed E-state index contributed by atoms with van der Waals surface area (Å²) < 4.78 is 12.6. The first-order chi connectivity index (χ1) is 16.9. The molecule has 35 heavy (non-hydrogen) atoms. The predicted molar refractivity (Wildman–Crippen MR) is 141 cm³/mol. The van der Waals surface area contributed by atoms with Crippen molar-refractivity contribution in [2.24, 2.45) is 0 Å². The maximum atomic E-state index is 13.2. The number of benzene rings is 3. The van der Waals surface area contributed by atoms with Gasteiger partial charge in [0.2, 0.25) is 0 Å². The zero-order valence-corrected chi connectivity index (χ0v) is 21.4. The fourth-order valence-electron chi connectivity index (χ4n) is 3.56. The van der Waals surface area contributed by atoms with Crippen molar-refractivity contribution in [1.82, 2.24) is 5.32 Å². The molecule has 4 rings (SSSR count). The number of hydrogen-bond acceptors (Lipinski definition) is 5. The van der Waals surface area contributed by atoms with Crippen molar-refractivity contribution in [3.05, 3.63) is 92.6 Å². The van der Waals surface area contributed by atoms with Crippen LogP contribution in [0.4, 0.5) is 10.5 Å². The van der Waals surface area contributed by atoms with Crippen molar-refractivity contribution in [2.75, 3.05) is 11.5 Å². The van der Waals surface area contributed by atoms with Crippen LogP contribution in [0.2, 0.25) is 0 Å². The third kappa shape index (κ3) is 5.54. The van der Waals surface area contributed by atoms with E-state index in [1.54, 1.807) is 36.4 Å². The molecule has 1 aliphatic heterocycles. The van der Waals surface area contributed by atoms with Gasteiger partial charge in [0.1, 0.15) is 12.2 Å². The van der Waals surface area contributed by atoms with Crippen molar-refractivity contribution in [2.45, 2.75) is 20.5 Å². The molecule has 0 aliphatic carbocycles. The Morgan fingerprint density at radius 2 is 1.69 bits per heavy atom. The van der Waals surface area contributed by atoms with E-state index in [2.05, 4.69) is 27.9 Å². The normalized spacial score (nSPS) is 14.8. The third-order valence-corrected chi connectivity index (χ3v) is 6.06. The lowest BCUT2D eigenvalue weighted by atomic mass is 10.1. The van der Waals surface area contributed by atoms with Crippen molar-refractivity contribution in [3.63, 3.8) is 0 Å². The van der Waals surface area contributed by atoms with Gasteiger partial charge in [-0.2, -0.15) is 0 Å². The highest BCUT2D eigenvalue weighted by Crippen LogP contribution is 2.36. The number of imide groups is 2. The molecule has 0 bridgehead atoms. The maximum Gasteiger partial charge on any atom is 0.335 e. The van der Waals surface area contributed by atoms with Crippen LogP contribution in [0.5, 0.6) is 11.5 Å². The number of barbiturate groups is 1. The highest BCUT2D eigenvalue weighted by atomic mass is 127. The van der Waals surface area contributed by atoms with E-state index in [0.29, 0.717) is 36.0 Å². The largest absolute Gasteiger partial charge is 0.490 e. The molecule has 1 saturated heterocycles. The second kappa shape index (κ2) is 10.7. The number of aryl methyl sites for hydroxylation is 1. The van der Waals surface area contributed by atoms with Gasteiger partial charge in [-0.1, -0.05) is 48.0 Å². The maximum absolute atomic E-state index is 13.2. The number of rotatable bonds is 7. The standard InChI is InChI=1S/C27H23IN2O5/c1-3-34-23-15-19(14-22(28)24(23)35-16-18-7-5-4-6-8-18)13-21-25(31)29-27(33)30(26(21)32)20-11-9-17(2)10-12-20/h4-15H,3,16H2,1-2H3,(H,29,31,33)/b21-13+. The molecule has 8 heteroatoms. The number of nitrogens with one attached hydrogen (secondary N) is 1. The van der Waals surface area contributed by atoms with Crippen LogP contribution in [-0.2, 0) is 16.2 Å². The van der Waals surface area contributed by atoms with Gasteiger partial charge >= 0.3 is 6.03 Å². The number of ether oxygens (including phenoxy) is 2. The minimum atomic E-state index is -0.782. The first-order valence-corrected chi connectivity index (χ1v) is 12.1. The minimum absolute atomic E-state index is 0.152. The van der Waals surface area contributed by atoms with Crippen LogP contribution < -0.4 is 19.7 Å². The van der Waals surface area contributed by atoms with E-state index in [-0.39, 0.29) is 5.57 Å². The first-order valence-electron chi connectivity index (χ1n) is 11.0. The lowest BCUT2D eigenvalue weighted by Crippen LogP contribution is -2.54. The van der Waals surface area contributed by atoms with Gasteiger partial charge in [-0.25, -0.2) is 9.69 Å². The molecule has 178 valence electrons. The van der Waals surface area contributed by atoms with Crippen LogP contribution in [0, 0.1) is 10.5 Å². The van der Waals surface area contributed by atoms with Crippen LogP contribution in [0.15, 0.2) is 72.3 Å². The van der Waals surface area contributed by atoms with Gasteiger partial charge in [-0.15, -0.1) is 0 Å². The molecule has 1 heterocycles. The van der Waals surface area contributed by atoms with Crippen molar-refractivity contribution in [3.8, 4) is 11.5 Å². The molecular weight excluding hydrogens is 559 g/mol. The molecule has 0 atom stereocenters. The summed E-state index contributed by atoms with van der Waals surface area (Å²) >= 11 is 2.13. The second-order valence-corrected chi connectivity index (χ2v) is 8.99. The zero-order chi connectivity index (χ0) is 24.9. The van der Waals surface area contributed by atoms with E-state index in [9.17, 15) is 14.4 Å². The molecule has 0 saturated carbocycles. The SMILES string of the molecule is CCOc1cc(/C=C2\C(=O)NC(=O)N(c3ccc(C)cc3)C2=O)cc(I)c1OCc1ccccc1. The van der Waals surface area contributed by atoms with Crippen molar-refractivity contribution < 1.29 is 23.9 Å². The van der Waals surface area contributed by atoms with E-state index in [1.807, 2.05) is 44.2 Å². The molecular formula is C27H23IN2O5. The number of carbonyl (C=O) groups is 3. The summed E-state index contributed by atoms with van der Waals surface area (Å²) in [7, 11) is 0. The quantitative estimate of drug-likeness (QED) is 0.234. The van der Waals surface area contributed by atoms with Gasteiger partial charge in [0, 0.05) is 0 Å². The van der Waals surface area contributed by atoms with Gasteiger partial charge < -0.3 is 9.47 Å². The Hall–Kier alpha value is -3.66. The summed E-state index contributed by atoms with van der Waals surface area (Å²) in [5.74, 6) is -0.368. The molecule has 0 aromatic heterocycles. The minimum Gasteiger partial charge on any atom is -0.490 e. The Balaban J connectivity index is 1.66. The fraction of sp³-hybridized carbons (Fsp3) is 0.148. The number of hydrogen-bond donors (Lipinski definition) is 1. The molecule has 3 aromatic rings. The number of nitrogens with zero attached hydrogens (tertiary/aromatic N) is 1. The summed E-state index contributed by atoms with van der Waals surface area (Å²) in [6, 6.07) is 19.4. The van der Waals surface area contributed by atoms with Crippen LogP contribution in [0.25, 0.3) is 6.08 Å². The Morgan fingerprint density at radius 1 is 0.971 bits per heavy atom. The smallest absolute Gasteiger partial charge is 0.335 e. The molecule has 1 N–H and O–H groups in total. The van der Waals surface area contributed by atoms with E-state index in [1.165, 1.54) is 6.08 Å². The monoisotopic (exact) mass is 582 g/mol. The highest BCUT2D eigenvalue weighted by Gasteiger charge is 2.36. The van der Waals surface area contributed by atoms with Crippen LogP contribution in [-0.4, -0.2) is 24.5 Å². The van der Waals surface area contributed by atoms with Gasteiger partial charge in [-0.05, 0) is 77.9 Å². The summed E-state index contributed by atoms with van der Waals surface area (Å²) in [6.45, 7) is 4.54. The summed E-state index contributed by atoms with van der Waals surface area (Å²) in [5, 5.41) is 2.25. The van der Waals surface area contributed by atoms with E-state index < -0.39 is 17.8 Å². The lowest BCUT2D eigenvalue weighted by Gasteiger charge is -2.26. The predicted octanol–water partition coefficient (Wildman–Crippen LogP) is 5.24. The van der Waals surface area contributed by atoms with Crippen molar-refractivity contribution in [1.29, 1.82) is 0 Å². The lowest BCUT2D eigenvalue weighted by molar-refractivity contribution is -0.122. The second-order valence-electron chi connectivity index (χ2n) is 7.83.